The SMILES string of the molecule is COc1ccc(CN2C(=O)C[C@](Sc3ccc(C)cc3)(C(=O)O)C2c2cccc(F)c2)c(OC)c1. The molecule has 3 aromatic carbocycles. The molecule has 3 aromatic rings. The Kier molecular flexibility index (Phi) is 7.03. The molecule has 35 heavy (non-hydrogen) atoms. The minimum Gasteiger partial charge on any atom is -0.497 e. The number of aryl methyl sites for hydroxylation is 1. The molecule has 182 valence electrons. The number of benzene rings is 3. The number of nitrogens with zero attached hydrogens (tertiary/aromatic N) is 1. The highest BCUT2D eigenvalue weighted by Crippen LogP contribution is 2.53. The Morgan fingerprint density at radius 1 is 1.11 bits per heavy atom. The molecular formula is C27H26FNO5S. The molecule has 1 fully saturated rings. The predicted molar refractivity (Wildman–Crippen MR) is 131 cm³/mol. The largest absolute Gasteiger partial charge is 0.497 e. The van der Waals surface area contributed by atoms with Crippen molar-refractivity contribution in [3.8, 4) is 11.5 Å². The number of ether oxygens (including phenoxy) is 2. The highest BCUT2D eigenvalue weighted by Gasteiger charge is 2.58. The van der Waals surface area contributed by atoms with Crippen LogP contribution in [0.15, 0.2) is 71.6 Å². The maximum absolute atomic E-state index is 14.3. The minimum absolute atomic E-state index is 0.0939. The molecular weight excluding hydrogens is 469 g/mol. The summed E-state index contributed by atoms with van der Waals surface area (Å²) in [4.78, 5) is 28.5. The van der Waals surface area contributed by atoms with Crippen molar-refractivity contribution in [2.75, 3.05) is 14.2 Å². The third-order valence-electron chi connectivity index (χ3n) is 6.17. The molecule has 1 N–H and O–H groups in total. The second-order valence-electron chi connectivity index (χ2n) is 8.44. The van der Waals surface area contributed by atoms with Gasteiger partial charge in [-0.2, -0.15) is 0 Å². The lowest BCUT2D eigenvalue weighted by Crippen LogP contribution is -2.41. The van der Waals surface area contributed by atoms with Gasteiger partial charge in [-0.15, -0.1) is 11.8 Å². The van der Waals surface area contributed by atoms with Crippen LogP contribution in [-0.2, 0) is 16.1 Å². The molecule has 2 atom stereocenters. The lowest BCUT2D eigenvalue weighted by atomic mass is 9.92. The molecule has 0 radical (unpaired) electrons. The van der Waals surface area contributed by atoms with E-state index < -0.39 is 22.6 Å². The molecule has 1 aliphatic heterocycles. The van der Waals surface area contributed by atoms with E-state index in [1.807, 2.05) is 31.2 Å². The maximum atomic E-state index is 14.3. The number of carboxylic acids is 1. The van der Waals surface area contributed by atoms with Gasteiger partial charge in [-0.3, -0.25) is 9.59 Å². The molecule has 1 saturated heterocycles. The first-order valence-corrected chi connectivity index (χ1v) is 11.8. The van der Waals surface area contributed by atoms with Crippen molar-refractivity contribution < 1.29 is 28.6 Å². The van der Waals surface area contributed by atoms with Crippen LogP contribution in [0.4, 0.5) is 4.39 Å². The van der Waals surface area contributed by atoms with Gasteiger partial charge in [-0.25, -0.2) is 4.39 Å². The van der Waals surface area contributed by atoms with E-state index in [0.29, 0.717) is 22.6 Å². The smallest absolute Gasteiger partial charge is 0.323 e. The number of hydrogen-bond acceptors (Lipinski definition) is 5. The molecule has 1 amide bonds. The van der Waals surface area contributed by atoms with Crippen LogP contribution in [0.2, 0.25) is 0 Å². The van der Waals surface area contributed by atoms with Crippen molar-refractivity contribution in [2.45, 2.75) is 35.6 Å². The fourth-order valence-corrected chi connectivity index (χ4v) is 5.79. The third-order valence-corrected chi connectivity index (χ3v) is 7.58. The van der Waals surface area contributed by atoms with E-state index in [1.54, 1.807) is 31.4 Å². The second kappa shape index (κ2) is 10.00. The Balaban J connectivity index is 1.82. The molecule has 4 rings (SSSR count). The first-order valence-electron chi connectivity index (χ1n) is 11.0. The highest BCUT2D eigenvalue weighted by molar-refractivity contribution is 8.01. The quantitative estimate of drug-likeness (QED) is 0.461. The van der Waals surface area contributed by atoms with Gasteiger partial charge in [0.1, 0.15) is 17.3 Å². The summed E-state index contributed by atoms with van der Waals surface area (Å²) < 4.78 is 23.5. The van der Waals surface area contributed by atoms with Crippen molar-refractivity contribution in [1.82, 2.24) is 4.90 Å². The number of carbonyl (C=O) groups excluding carboxylic acids is 1. The third kappa shape index (κ3) is 4.84. The summed E-state index contributed by atoms with van der Waals surface area (Å²) in [7, 11) is 3.06. The van der Waals surface area contributed by atoms with Crippen molar-refractivity contribution in [3.05, 3.63) is 89.2 Å². The number of methoxy groups -OCH3 is 2. The molecule has 0 spiro atoms. The Morgan fingerprint density at radius 3 is 2.49 bits per heavy atom. The van der Waals surface area contributed by atoms with Crippen LogP contribution in [0.3, 0.4) is 0 Å². The number of likely N-dealkylation sites (tertiary alicyclic amines) is 1. The Morgan fingerprint density at radius 2 is 1.86 bits per heavy atom. The van der Waals surface area contributed by atoms with Gasteiger partial charge in [-0.1, -0.05) is 29.8 Å². The van der Waals surface area contributed by atoms with Crippen molar-refractivity contribution in [1.29, 1.82) is 0 Å². The van der Waals surface area contributed by atoms with Crippen LogP contribution in [0.1, 0.15) is 29.2 Å². The van der Waals surface area contributed by atoms with Gasteiger partial charge in [0, 0.05) is 23.1 Å². The predicted octanol–water partition coefficient (Wildman–Crippen LogP) is 5.24. The van der Waals surface area contributed by atoms with Crippen LogP contribution in [-0.4, -0.2) is 40.8 Å². The van der Waals surface area contributed by atoms with Gasteiger partial charge in [0.25, 0.3) is 0 Å². The normalized spacial score (nSPS) is 19.6. The first-order chi connectivity index (χ1) is 16.8. The number of thioether (sulfide) groups is 1. The van der Waals surface area contributed by atoms with Crippen molar-refractivity contribution >= 4 is 23.6 Å². The molecule has 1 heterocycles. The Hall–Kier alpha value is -3.52. The average molecular weight is 496 g/mol. The van der Waals surface area contributed by atoms with Gasteiger partial charge in [0.15, 0.2) is 4.75 Å². The zero-order chi connectivity index (χ0) is 25.2. The van der Waals surface area contributed by atoms with E-state index in [0.717, 1.165) is 22.2 Å². The number of aliphatic carboxylic acids is 1. The van der Waals surface area contributed by atoms with Crippen molar-refractivity contribution in [3.63, 3.8) is 0 Å². The summed E-state index contributed by atoms with van der Waals surface area (Å²) in [5.41, 5.74) is 2.14. The molecule has 0 aromatic heterocycles. The van der Waals surface area contributed by atoms with Crippen LogP contribution in [0.25, 0.3) is 0 Å². The van der Waals surface area contributed by atoms with Gasteiger partial charge in [0.05, 0.1) is 26.7 Å². The second-order valence-corrected chi connectivity index (χ2v) is 9.85. The van der Waals surface area contributed by atoms with Crippen molar-refractivity contribution in [2.24, 2.45) is 0 Å². The fraction of sp³-hybridized carbons (Fsp3) is 0.259. The summed E-state index contributed by atoms with van der Waals surface area (Å²) >= 11 is 1.12. The molecule has 1 aliphatic rings. The summed E-state index contributed by atoms with van der Waals surface area (Å²) in [6, 6.07) is 17.6. The first kappa shape index (κ1) is 24.6. The van der Waals surface area contributed by atoms with Crippen LogP contribution in [0.5, 0.6) is 11.5 Å². The topological polar surface area (TPSA) is 76.1 Å². The summed E-state index contributed by atoms with van der Waals surface area (Å²) in [6.07, 6.45) is -0.236. The van der Waals surface area contributed by atoms with E-state index in [4.69, 9.17) is 9.47 Å². The van der Waals surface area contributed by atoms with E-state index in [9.17, 15) is 19.1 Å². The number of rotatable bonds is 8. The summed E-state index contributed by atoms with van der Waals surface area (Å²) in [6.45, 7) is 2.04. The number of carbonyl (C=O) groups is 2. The van der Waals surface area contributed by atoms with E-state index in [-0.39, 0.29) is 18.9 Å². The van der Waals surface area contributed by atoms with Crippen LogP contribution >= 0.6 is 11.8 Å². The lowest BCUT2D eigenvalue weighted by Gasteiger charge is -2.35. The zero-order valence-electron chi connectivity index (χ0n) is 19.7. The average Bonchev–Trinajstić information content (AvgIpc) is 3.12. The van der Waals surface area contributed by atoms with Crippen LogP contribution in [0, 0.1) is 12.7 Å². The zero-order valence-corrected chi connectivity index (χ0v) is 20.5. The number of amides is 1. The number of hydrogen-bond donors (Lipinski definition) is 1. The highest BCUT2D eigenvalue weighted by atomic mass is 32.2. The lowest BCUT2D eigenvalue weighted by molar-refractivity contribution is -0.140. The molecule has 8 heteroatoms. The van der Waals surface area contributed by atoms with Gasteiger partial charge >= 0.3 is 5.97 Å². The van der Waals surface area contributed by atoms with Gasteiger partial charge in [-0.05, 0) is 48.9 Å². The molecule has 6 nitrogen and oxygen atoms in total. The van der Waals surface area contributed by atoms with Crippen LogP contribution < -0.4 is 9.47 Å². The minimum atomic E-state index is -1.56. The monoisotopic (exact) mass is 495 g/mol. The Labute approximate surface area is 207 Å². The molecule has 0 aliphatic carbocycles. The summed E-state index contributed by atoms with van der Waals surface area (Å²) in [5, 5.41) is 10.5. The summed E-state index contributed by atoms with van der Waals surface area (Å²) in [5.74, 6) is -0.860. The maximum Gasteiger partial charge on any atom is 0.323 e. The molecule has 0 bridgehead atoms. The Bertz CT molecular complexity index is 1250. The standard InChI is InChI=1S/C27H26FNO5S/c1-17-7-11-22(12-8-17)35-27(26(31)32)15-24(30)29(25(27)18-5-4-6-20(28)13-18)16-19-9-10-21(33-2)14-23(19)34-3/h4-14,25H,15-16H2,1-3H3,(H,31,32)/t25?,27-/m1/s1. The molecule has 0 saturated carbocycles. The van der Waals surface area contributed by atoms with E-state index in [1.165, 1.54) is 30.2 Å². The number of halogens is 1. The van der Waals surface area contributed by atoms with E-state index in [2.05, 4.69) is 0 Å². The number of carboxylic acid groups (broad SMARTS) is 1. The van der Waals surface area contributed by atoms with Gasteiger partial charge in [0.2, 0.25) is 5.91 Å². The van der Waals surface area contributed by atoms with Gasteiger partial charge < -0.3 is 19.5 Å². The van der Waals surface area contributed by atoms with E-state index >= 15 is 0 Å². The molecule has 1 unspecified atom stereocenters. The fourth-order valence-electron chi connectivity index (χ4n) is 4.43.